The summed E-state index contributed by atoms with van der Waals surface area (Å²) < 4.78 is 16.1. The number of amides is 2. The van der Waals surface area contributed by atoms with E-state index in [4.69, 9.17) is 14.2 Å². The highest BCUT2D eigenvalue weighted by Crippen LogP contribution is 2.28. The Hall–Kier alpha value is -4.93. The highest BCUT2D eigenvalue weighted by Gasteiger charge is 2.12. The number of ether oxygens (including phenoxy) is 3. The Bertz CT molecular complexity index is 1260. The molecule has 2 amide bonds. The van der Waals surface area contributed by atoms with Crippen LogP contribution < -0.4 is 25.0 Å². The molecular formula is C24H22N4O7. The predicted molar refractivity (Wildman–Crippen MR) is 128 cm³/mol. The molecule has 0 aliphatic carbocycles. The van der Waals surface area contributed by atoms with Gasteiger partial charge in [0.05, 0.1) is 31.0 Å². The minimum Gasteiger partial charge on any atom is -0.495 e. The summed E-state index contributed by atoms with van der Waals surface area (Å²) in [7, 11) is 2.96. The molecule has 11 heteroatoms. The minimum absolute atomic E-state index is 0.101. The summed E-state index contributed by atoms with van der Waals surface area (Å²) in [6, 6.07) is 17.2. The number of nitrogens with zero attached hydrogens (tertiary/aromatic N) is 2. The van der Waals surface area contributed by atoms with Crippen molar-refractivity contribution in [3.63, 3.8) is 0 Å². The molecule has 3 aromatic rings. The molecule has 0 heterocycles. The molecule has 0 aromatic heterocycles. The molecule has 11 nitrogen and oxygen atoms in total. The van der Waals surface area contributed by atoms with Crippen LogP contribution in [-0.4, -0.2) is 43.8 Å². The summed E-state index contributed by atoms with van der Waals surface area (Å²) in [5, 5.41) is 17.4. The molecule has 0 saturated carbocycles. The predicted octanol–water partition coefficient (Wildman–Crippen LogP) is 3.39. The molecule has 3 aromatic carbocycles. The lowest BCUT2D eigenvalue weighted by Crippen LogP contribution is -2.20. The highest BCUT2D eigenvalue weighted by atomic mass is 16.6. The lowest BCUT2D eigenvalue weighted by molar-refractivity contribution is -0.384. The number of carbonyl (C=O) groups is 2. The SMILES string of the molecule is COc1ccccc1NC(=O)COc1ccc(/C=N/NC(=O)c2cccc([N+](=O)[O-])c2)cc1OC. The fraction of sp³-hybridized carbons (Fsp3) is 0.125. The van der Waals surface area contributed by atoms with E-state index in [9.17, 15) is 19.7 Å². The number of hydrogen-bond acceptors (Lipinski definition) is 8. The van der Waals surface area contributed by atoms with Gasteiger partial charge in [-0.15, -0.1) is 0 Å². The molecule has 0 unspecified atom stereocenters. The van der Waals surface area contributed by atoms with Crippen LogP contribution >= 0.6 is 0 Å². The van der Waals surface area contributed by atoms with Gasteiger partial charge in [-0.25, -0.2) is 5.43 Å². The van der Waals surface area contributed by atoms with Gasteiger partial charge in [0.1, 0.15) is 5.75 Å². The molecule has 0 spiro atoms. The van der Waals surface area contributed by atoms with Crippen molar-refractivity contribution in [2.45, 2.75) is 0 Å². The minimum atomic E-state index is -0.599. The third-order valence-corrected chi connectivity index (χ3v) is 4.63. The topological polar surface area (TPSA) is 141 Å². The van der Waals surface area contributed by atoms with E-state index < -0.39 is 10.8 Å². The second-order valence-electron chi connectivity index (χ2n) is 6.95. The summed E-state index contributed by atoms with van der Waals surface area (Å²) in [6.45, 7) is -0.263. The summed E-state index contributed by atoms with van der Waals surface area (Å²) in [4.78, 5) is 34.7. The number of nitro benzene ring substituents is 1. The molecular weight excluding hydrogens is 456 g/mol. The number of rotatable bonds is 10. The van der Waals surface area contributed by atoms with Gasteiger partial charge in [-0.3, -0.25) is 19.7 Å². The summed E-state index contributed by atoms with van der Waals surface area (Å²) in [6.07, 6.45) is 1.37. The zero-order chi connectivity index (χ0) is 25.2. The van der Waals surface area contributed by atoms with Gasteiger partial charge < -0.3 is 19.5 Å². The maximum Gasteiger partial charge on any atom is 0.271 e. The van der Waals surface area contributed by atoms with Crippen molar-refractivity contribution < 1.29 is 28.7 Å². The fourth-order valence-electron chi connectivity index (χ4n) is 2.95. The van der Waals surface area contributed by atoms with Crippen molar-refractivity contribution in [1.82, 2.24) is 5.43 Å². The average molecular weight is 478 g/mol. The maximum absolute atomic E-state index is 12.3. The number of para-hydroxylation sites is 2. The monoisotopic (exact) mass is 478 g/mol. The standard InChI is InChI=1S/C24H22N4O7/c1-33-20-9-4-3-8-19(20)26-23(29)15-35-21-11-10-16(12-22(21)34-2)14-25-27-24(30)17-6-5-7-18(13-17)28(31)32/h3-14H,15H2,1-2H3,(H,26,29)(H,27,30)/b25-14+. The Labute approximate surface area is 200 Å². The van der Waals surface area contributed by atoms with Crippen LogP contribution in [0.15, 0.2) is 71.8 Å². The Kier molecular flexibility index (Phi) is 8.33. The highest BCUT2D eigenvalue weighted by molar-refractivity contribution is 5.95. The number of nitro groups is 1. The quantitative estimate of drug-likeness (QED) is 0.258. The van der Waals surface area contributed by atoms with Gasteiger partial charge in [-0.05, 0) is 42.0 Å². The van der Waals surface area contributed by atoms with E-state index >= 15 is 0 Å². The first-order valence-corrected chi connectivity index (χ1v) is 10.2. The second kappa shape index (κ2) is 11.8. The van der Waals surface area contributed by atoms with E-state index in [1.54, 1.807) is 42.5 Å². The number of carbonyl (C=O) groups excluding carboxylic acids is 2. The van der Waals surface area contributed by atoms with Crippen LogP contribution in [-0.2, 0) is 4.79 Å². The first kappa shape index (κ1) is 24.7. The van der Waals surface area contributed by atoms with Gasteiger partial charge in [0.25, 0.3) is 17.5 Å². The molecule has 0 aliphatic heterocycles. The van der Waals surface area contributed by atoms with Crippen LogP contribution in [0, 0.1) is 10.1 Å². The molecule has 35 heavy (non-hydrogen) atoms. The van der Waals surface area contributed by atoms with Crippen molar-refractivity contribution in [2.75, 3.05) is 26.1 Å². The van der Waals surface area contributed by atoms with Crippen LogP contribution in [0.4, 0.5) is 11.4 Å². The van der Waals surface area contributed by atoms with Gasteiger partial charge in [-0.2, -0.15) is 5.10 Å². The Balaban J connectivity index is 1.59. The van der Waals surface area contributed by atoms with Gasteiger partial charge in [0.2, 0.25) is 0 Å². The lowest BCUT2D eigenvalue weighted by atomic mass is 10.2. The van der Waals surface area contributed by atoms with E-state index in [2.05, 4.69) is 15.8 Å². The van der Waals surface area contributed by atoms with Crippen molar-refractivity contribution in [1.29, 1.82) is 0 Å². The molecule has 0 saturated heterocycles. The molecule has 0 atom stereocenters. The normalized spacial score (nSPS) is 10.5. The van der Waals surface area contributed by atoms with Crippen molar-refractivity contribution >= 4 is 29.4 Å². The largest absolute Gasteiger partial charge is 0.495 e. The van der Waals surface area contributed by atoms with Gasteiger partial charge >= 0.3 is 0 Å². The molecule has 0 bridgehead atoms. The molecule has 3 rings (SSSR count). The van der Waals surface area contributed by atoms with E-state index in [0.29, 0.717) is 28.5 Å². The zero-order valence-corrected chi connectivity index (χ0v) is 18.9. The summed E-state index contributed by atoms with van der Waals surface area (Å²) in [5.41, 5.74) is 3.31. The van der Waals surface area contributed by atoms with Crippen molar-refractivity contribution in [2.24, 2.45) is 5.10 Å². The van der Waals surface area contributed by atoms with Gasteiger partial charge in [0, 0.05) is 17.7 Å². The fourth-order valence-corrected chi connectivity index (χ4v) is 2.95. The van der Waals surface area contributed by atoms with Crippen LogP contribution in [0.1, 0.15) is 15.9 Å². The number of hydrogen-bond donors (Lipinski definition) is 2. The number of hydrazone groups is 1. The zero-order valence-electron chi connectivity index (χ0n) is 18.9. The van der Waals surface area contributed by atoms with E-state index in [1.165, 1.54) is 38.6 Å². The molecule has 0 radical (unpaired) electrons. The van der Waals surface area contributed by atoms with Crippen LogP contribution in [0.5, 0.6) is 17.2 Å². The Morgan fingerprint density at radius 2 is 1.74 bits per heavy atom. The van der Waals surface area contributed by atoms with E-state index in [0.717, 1.165) is 6.07 Å². The third-order valence-electron chi connectivity index (χ3n) is 4.63. The second-order valence-corrected chi connectivity index (χ2v) is 6.95. The smallest absolute Gasteiger partial charge is 0.271 e. The van der Waals surface area contributed by atoms with Crippen LogP contribution in [0.3, 0.4) is 0 Å². The Morgan fingerprint density at radius 1 is 0.971 bits per heavy atom. The number of anilines is 1. The number of benzene rings is 3. The first-order chi connectivity index (χ1) is 16.9. The number of nitrogens with one attached hydrogen (secondary N) is 2. The molecule has 180 valence electrons. The van der Waals surface area contributed by atoms with Gasteiger partial charge in [-0.1, -0.05) is 18.2 Å². The third kappa shape index (κ3) is 6.78. The van der Waals surface area contributed by atoms with Gasteiger partial charge in [0.15, 0.2) is 18.1 Å². The summed E-state index contributed by atoms with van der Waals surface area (Å²) >= 11 is 0. The van der Waals surface area contributed by atoms with Crippen LogP contribution in [0.2, 0.25) is 0 Å². The first-order valence-electron chi connectivity index (χ1n) is 10.2. The Morgan fingerprint density at radius 3 is 2.49 bits per heavy atom. The molecule has 0 aliphatic rings. The van der Waals surface area contributed by atoms with E-state index in [1.807, 2.05) is 0 Å². The summed E-state index contributed by atoms with van der Waals surface area (Å²) in [5.74, 6) is 0.230. The maximum atomic E-state index is 12.3. The average Bonchev–Trinajstić information content (AvgIpc) is 2.88. The number of methoxy groups -OCH3 is 2. The number of non-ortho nitro benzene ring substituents is 1. The van der Waals surface area contributed by atoms with Crippen molar-refractivity contribution in [3.8, 4) is 17.2 Å². The van der Waals surface area contributed by atoms with Crippen LogP contribution in [0.25, 0.3) is 0 Å². The lowest BCUT2D eigenvalue weighted by Gasteiger charge is -2.12. The molecule has 2 N–H and O–H groups in total. The molecule has 0 fully saturated rings. The van der Waals surface area contributed by atoms with Crippen molar-refractivity contribution in [3.05, 3.63) is 88.0 Å². The van der Waals surface area contributed by atoms with E-state index in [-0.39, 0.29) is 23.8 Å².